The first-order valence-corrected chi connectivity index (χ1v) is 6.65. The van der Waals surface area contributed by atoms with Crippen LogP contribution in [0.4, 0.5) is 0 Å². The van der Waals surface area contributed by atoms with E-state index >= 15 is 0 Å². The lowest BCUT2D eigenvalue weighted by Crippen LogP contribution is -2.22. The molecule has 1 heterocycles. The summed E-state index contributed by atoms with van der Waals surface area (Å²) in [5.41, 5.74) is 0.890. The fraction of sp³-hybridized carbons (Fsp3) is 0.400. The summed E-state index contributed by atoms with van der Waals surface area (Å²) in [7, 11) is 1.39. The Kier molecular flexibility index (Phi) is 7.72. The Morgan fingerprint density at radius 2 is 2.20 bits per heavy atom. The van der Waals surface area contributed by atoms with Crippen molar-refractivity contribution in [3.05, 3.63) is 36.2 Å². The van der Waals surface area contributed by atoms with E-state index in [2.05, 4.69) is 15.0 Å². The summed E-state index contributed by atoms with van der Waals surface area (Å²) in [5.74, 6) is -0.310. The monoisotopic (exact) mass is 276 g/mol. The van der Waals surface area contributed by atoms with Crippen LogP contribution in [0.5, 0.6) is 0 Å². The predicted octanol–water partition coefficient (Wildman–Crippen LogP) is 1.94. The summed E-state index contributed by atoms with van der Waals surface area (Å²) in [6.07, 6.45) is 9.55. The Morgan fingerprint density at radius 1 is 1.35 bits per heavy atom. The van der Waals surface area contributed by atoms with Crippen molar-refractivity contribution in [3.63, 3.8) is 0 Å². The Hall–Kier alpha value is -2.17. The van der Waals surface area contributed by atoms with Gasteiger partial charge in [-0.15, -0.1) is 0 Å². The first-order valence-electron chi connectivity index (χ1n) is 6.65. The molecule has 1 amide bonds. The van der Waals surface area contributed by atoms with Crippen LogP contribution in [0.15, 0.2) is 30.6 Å². The fourth-order valence-electron chi connectivity index (χ4n) is 1.59. The molecule has 1 N–H and O–H groups in total. The van der Waals surface area contributed by atoms with Gasteiger partial charge in [-0.2, -0.15) is 0 Å². The number of carbonyl (C=O) groups is 2. The third-order valence-electron chi connectivity index (χ3n) is 2.70. The quantitative estimate of drug-likeness (QED) is 0.447. The highest BCUT2D eigenvalue weighted by atomic mass is 16.5. The van der Waals surface area contributed by atoms with E-state index in [0.29, 0.717) is 13.0 Å². The third kappa shape index (κ3) is 7.31. The van der Waals surface area contributed by atoms with Gasteiger partial charge in [0.2, 0.25) is 5.91 Å². The maximum absolute atomic E-state index is 11.5. The van der Waals surface area contributed by atoms with Crippen LogP contribution in [0.25, 0.3) is 6.08 Å². The Balaban J connectivity index is 2.09. The average Bonchev–Trinajstić information content (AvgIpc) is 2.49. The highest BCUT2D eigenvalue weighted by Crippen LogP contribution is 2.00. The number of aromatic nitrogens is 1. The molecule has 20 heavy (non-hydrogen) atoms. The number of nitrogens with one attached hydrogen (secondary N) is 1. The lowest BCUT2D eigenvalue weighted by molar-refractivity contribution is -0.140. The molecule has 0 bridgehead atoms. The number of pyridine rings is 1. The maximum Gasteiger partial charge on any atom is 0.305 e. The van der Waals surface area contributed by atoms with E-state index in [1.165, 1.54) is 13.2 Å². The summed E-state index contributed by atoms with van der Waals surface area (Å²) in [6, 6.07) is 3.70. The Labute approximate surface area is 119 Å². The molecule has 1 aromatic heterocycles. The topological polar surface area (TPSA) is 68.3 Å². The number of esters is 1. The molecule has 108 valence electrons. The second kappa shape index (κ2) is 9.72. The minimum atomic E-state index is -0.187. The fourth-order valence-corrected chi connectivity index (χ4v) is 1.59. The zero-order valence-electron chi connectivity index (χ0n) is 11.7. The van der Waals surface area contributed by atoms with E-state index in [4.69, 9.17) is 0 Å². The molecule has 0 fully saturated rings. The number of ether oxygens (including phenoxy) is 1. The SMILES string of the molecule is COC(=O)CCCCCNC(=O)/C=C/c1cccnc1. The van der Waals surface area contributed by atoms with Crippen molar-refractivity contribution in [2.45, 2.75) is 25.7 Å². The molecule has 0 aliphatic carbocycles. The summed E-state index contributed by atoms with van der Waals surface area (Å²) in [5, 5.41) is 2.79. The largest absolute Gasteiger partial charge is 0.469 e. The van der Waals surface area contributed by atoms with Crippen LogP contribution in [0.1, 0.15) is 31.2 Å². The van der Waals surface area contributed by atoms with Crippen LogP contribution in [0.3, 0.4) is 0 Å². The van der Waals surface area contributed by atoms with Gasteiger partial charge in [0.05, 0.1) is 7.11 Å². The molecule has 0 unspecified atom stereocenters. The van der Waals surface area contributed by atoms with Gasteiger partial charge in [-0.3, -0.25) is 14.6 Å². The van der Waals surface area contributed by atoms with Gasteiger partial charge in [-0.05, 0) is 30.5 Å². The normalized spacial score (nSPS) is 10.4. The third-order valence-corrected chi connectivity index (χ3v) is 2.70. The number of hydrogen-bond donors (Lipinski definition) is 1. The van der Waals surface area contributed by atoms with E-state index in [0.717, 1.165) is 24.8 Å². The lowest BCUT2D eigenvalue weighted by Gasteiger charge is -2.02. The molecule has 0 aromatic carbocycles. The minimum absolute atomic E-state index is 0.123. The summed E-state index contributed by atoms with van der Waals surface area (Å²) in [6.45, 7) is 0.609. The van der Waals surface area contributed by atoms with Gasteiger partial charge in [0.25, 0.3) is 0 Å². The van der Waals surface area contributed by atoms with Gasteiger partial charge in [-0.1, -0.05) is 12.5 Å². The molecule has 5 heteroatoms. The van der Waals surface area contributed by atoms with Crippen molar-refractivity contribution < 1.29 is 14.3 Å². The molecule has 0 aliphatic rings. The van der Waals surface area contributed by atoms with Crippen molar-refractivity contribution in [1.82, 2.24) is 10.3 Å². The van der Waals surface area contributed by atoms with Crippen molar-refractivity contribution in [1.29, 1.82) is 0 Å². The molecule has 0 spiro atoms. The number of amides is 1. The van der Waals surface area contributed by atoms with Crippen molar-refractivity contribution >= 4 is 18.0 Å². The van der Waals surface area contributed by atoms with E-state index in [9.17, 15) is 9.59 Å². The zero-order valence-corrected chi connectivity index (χ0v) is 11.7. The molecular formula is C15H20N2O3. The molecule has 0 saturated heterocycles. The highest BCUT2D eigenvalue weighted by molar-refractivity contribution is 5.91. The van der Waals surface area contributed by atoms with Crippen molar-refractivity contribution in [2.75, 3.05) is 13.7 Å². The molecule has 1 rings (SSSR count). The van der Waals surface area contributed by atoms with Crippen LogP contribution < -0.4 is 5.32 Å². The van der Waals surface area contributed by atoms with E-state index < -0.39 is 0 Å². The minimum Gasteiger partial charge on any atom is -0.469 e. The first kappa shape index (κ1) is 15.9. The Morgan fingerprint density at radius 3 is 2.90 bits per heavy atom. The maximum atomic E-state index is 11.5. The number of hydrogen-bond acceptors (Lipinski definition) is 4. The van der Waals surface area contributed by atoms with E-state index in [1.54, 1.807) is 18.5 Å². The molecule has 0 aliphatic heterocycles. The van der Waals surface area contributed by atoms with Crippen LogP contribution in [-0.4, -0.2) is 30.5 Å². The number of unbranched alkanes of at least 4 members (excludes halogenated alkanes) is 2. The van der Waals surface area contributed by atoms with Gasteiger partial charge in [0.15, 0.2) is 0 Å². The van der Waals surface area contributed by atoms with Crippen LogP contribution >= 0.6 is 0 Å². The summed E-state index contributed by atoms with van der Waals surface area (Å²) >= 11 is 0. The van der Waals surface area contributed by atoms with Gasteiger partial charge in [0.1, 0.15) is 0 Å². The standard InChI is InChI=1S/C15H20N2O3/c1-20-15(19)7-3-2-4-11-17-14(18)9-8-13-6-5-10-16-12-13/h5-6,8-10,12H,2-4,7,11H2,1H3,(H,17,18)/b9-8+. The molecule has 0 atom stereocenters. The molecule has 1 aromatic rings. The van der Waals surface area contributed by atoms with Crippen LogP contribution in [-0.2, 0) is 14.3 Å². The summed E-state index contributed by atoms with van der Waals surface area (Å²) < 4.78 is 4.55. The smallest absolute Gasteiger partial charge is 0.305 e. The molecular weight excluding hydrogens is 256 g/mol. The number of rotatable bonds is 8. The van der Waals surface area contributed by atoms with E-state index in [1.807, 2.05) is 12.1 Å². The second-order valence-electron chi connectivity index (χ2n) is 4.30. The van der Waals surface area contributed by atoms with Gasteiger partial charge in [-0.25, -0.2) is 0 Å². The van der Waals surface area contributed by atoms with Crippen LogP contribution in [0, 0.1) is 0 Å². The van der Waals surface area contributed by atoms with Gasteiger partial charge < -0.3 is 10.1 Å². The van der Waals surface area contributed by atoms with Crippen molar-refractivity contribution in [2.24, 2.45) is 0 Å². The Bertz CT molecular complexity index is 444. The lowest BCUT2D eigenvalue weighted by atomic mass is 10.2. The van der Waals surface area contributed by atoms with Gasteiger partial charge in [0, 0.05) is 31.4 Å². The number of nitrogens with zero attached hydrogens (tertiary/aromatic N) is 1. The zero-order chi connectivity index (χ0) is 14.6. The molecule has 0 saturated carbocycles. The predicted molar refractivity (Wildman–Crippen MR) is 76.8 cm³/mol. The average molecular weight is 276 g/mol. The molecule has 0 radical (unpaired) electrons. The number of carbonyl (C=O) groups excluding carboxylic acids is 2. The van der Waals surface area contributed by atoms with Crippen LogP contribution in [0.2, 0.25) is 0 Å². The van der Waals surface area contributed by atoms with E-state index in [-0.39, 0.29) is 11.9 Å². The second-order valence-corrected chi connectivity index (χ2v) is 4.30. The van der Waals surface area contributed by atoms with Crippen molar-refractivity contribution in [3.8, 4) is 0 Å². The van der Waals surface area contributed by atoms with Gasteiger partial charge >= 0.3 is 5.97 Å². The molecule has 5 nitrogen and oxygen atoms in total. The first-order chi connectivity index (χ1) is 9.72. The summed E-state index contributed by atoms with van der Waals surface area (Å²) in [4.78, 5) is 26.3. The number of methoxy groups -OCH3 is 1. The highest BCUT2D eigenvalue weighted by Gasteiger charge is 1.99.